The molecule has 27 heavy (non-hydrogen) atoms. The smallest absolute Gasteiger partial charge is 0.250 e. The predicted octanol–water partition coefficient (Wildman–Crippen LogP) is 4.75. The number of halogens is 1. The molecule has 0 aliphatic carbocycles. The first-order chi connectivity index (χ1) is 13.2. The standard InChI is InChI=1S/C19H15ClN4O3/c1-25-13-7-15(26-2)14-9-21-17-18(24-12-5-3-11(20)4-6-12)22-10-23-19(17)27-16(14)8-13/h3-10H,1-2H3,(H,22,23,24). The van der Waals surface area contributed by atoms with Crippen molar-refractivity contribution in [3.05, 3.63) is 53.3 Å². The summed E-state index contributed by atoms with van der Waals surface area (Å²) in [5.74, 6) is 2.56. The van der Waals surface area contributed by atoms with Crippen molar-refractivity contribution in [2.24, 2.45) is 4.99 Å². The molecule has 4 rings (SSSR count). The molecule has 1 N–H and O–H groups in total. The van der Waals surface area contributed by atoms with Crippen LogP contribution in [-0.2, 0) is 0 Å². The van der Waals surface area contributed by atoms with Gasteiger partial charge in [0, 0.05) is 29.1 Å². The van der Waals surface area contributed by atoms with E-state index in [0.29, 0.717) is 45.2 Å². The van der Waals surface area contributed by atoms with Crippen LogP contribution in [0.25, 0.3) is 0 Å². The Balaban J connectivity index is 1.76. The van der Waals surface area contributed by atoms with E-state index in [-0.39, 0.29) is 0 Å². The van der Waals surface area contributed by atoms with E-state index < -0.39 is 0 Å². The minimum atomic E-state index is 0.326. The minimum absolute atomic E-state index is 0.326. The van der Waals surface area contributed by atoms with Gasteiger partial charge in [0.25, 0.3) is 5.88 Å². The summed E-state index contributed by atoms with van der Waals surface area (Å²) >= 11 is 5.94. The highest BCUT2D eigenvalue weighted by Gasteiger charge is 2.21. The maximum Gasteiger partial charge on any atom is 0.250 e. The zero-order valence-electron chi connectivity index (χ0n) is 14.6. The van der Waals surface area contributed by atoms with E-state index in [1.807, 2.05) is 12.1 Å². The van der Waals surface area contributed by atoms with E-state index in [2.05, 4.69) is 20.3 Å². The molecule has 7 nitrogen and oxygen atoms in total. The Hall–Kier alpha value is -3.32. The first kappa shape index (κ1) is 17.1. The van der Waals surface area contributed by atoms with Gasteiger partial charge in [0.05, 0.1) is 19.8 Å². The van der Waals surface area contributed by atoms with Crippen LogP contribution in [0.4, 0.5) is 17.2 Å². The molecule has 0 amide bonds. The molecule has 0 spiro atoms. The molecule has 0 unspecified atom stereocenters. The first-order valence-corrected chi connectivity index (χ1v) is 8.41. The Kier molecular flexibility index (Phi) is 4.52. The molecule has 0 saturated carbocycles. The lowest BCUT2D eigenvalue weighted by molar-refractivity contribution is 0.385. The third-order valence-electron chi connectivity index (χ3n) is 3.96. The molecular weight excluding hydrogens is 368 g/mol. The number of aromatic nitrogens is 2. The molecular formula is C19H15ClN4O3. The summed E-state index contributed by atoms with van der Waals surface area (Å²) < 4.78 is 16.7. The van der Waals surface area contributed by atoms with E-state index in [9.17, 15) is 0 Å². The number of aliphatic imine (C=N–C) groups is 1. The molecule has 2 heterocycles. The SMILES string of the molecule is COc1cc(OC)c2c(c1)Oc1ncnc(Nc3ccc(Cl)cc3)c1N=C2. The van der Waals surface area contributed by atoms with Crippen molar-refractivity contribution in [3.8, 4) is 23.1 Å². The van der Waals surface area contributed by atoms with Crippen molar-refractivity contribution in [2.75, 3.05) is 19.5 Å². The number of nitrogens with one attached hydrogen (secondary N) is 1. The van der Waals surface area contributed by atoms with Gasteiger partial charge in [-0.1, -0.05) is 11.6 Å². The Morgan fingerprint density at radius 3 is 2.59 bits per heavy atom. The van der Waals surface area contributed by atoms with Gasteiger partial charge in [-0.25, -0.2) is 9.98 Å². The Labute approximate surface area is 160 Å². The molecule has 1 aliphatic heterocycles. The summed E-state index contributed by atoms with van der Waals surface area (Å²) in [6, 6.07) is 10.8. The molecule has 0 fully saturated rings. The van der Waals surface area contributed by atoms with Crippen LogP contribution in [0.2, 0.25) is 5.02 Å². The van der Waals surface area contributed by atoms with Crippen molar-refractivity contribution >= 4 is 35.0 Å². The maximum atomic E-state index is 5.99. The fraction of sp³-hybridized carbons (Fsp3) is 0.105. The first-order valence-electron chi connectivity index (χ1n) is 8.03. The maximum absolute atomic E-state index is 5.99. The van der Waals surface area contributed by atoms with E-state index in [0.717, 1.165) is 5.69 Å². The quantitative estimate of drug-likeness (QED) is 0.549. The van der Waals surface area contributed by atoms with Gasteiger partial charge in [-0.3, -0.25) is 0 Å². The van der Waals surface area contributed by atoms with Crippen molar-refractivity contribution in [1.82, 2.24) is 9.97 Å². The van der Waals surface area contributed by atoms with Crippen LogP contribution in [0.1, 0.15) is 5.56 Å². The zero-order valence-corrected chi connectivity index (χ0v) is 15.3. The number of methoxy groups -OCH3 is 2. The largest absolute Gasteiger partial charge is 0.496 e. The lowest BCUT2D eigenvalue weighted by Gasteiger charge is -2.13. The molecule has 0 saturated heterocycles. The number of hydrogen-bond acceptors (Lipinski definition) is 7. The number of rotatable bonds is 4. The topological polar surface area (TPSA) is 77.9 Å². The van der Waals surface area contributed by atoms with Crippen molar-refractivity contribution in [2.45, 2.75) is 0 Å². The lowest BCUT2D eigenvalue weighted by atomic mass is 10.2. The van der Waals surface area contributed by atoms with Gasteiger partial charge in [-0.05, 0) is 24.3 Å². The van der Waals surface area contributed by atoms with Crippen molar-refractivity contribution in [1.29, 1.82) is 0 Å². The van der Waals surface area contributed by atoms with E-state index in [1.165, 1.54) is 6.33 Å². The molecule has 3 aromatic rings. The average Bonchev–Trinajstić information content (AvgIpc) is 2.88. The highest BCUT2D eigenvalue weighted by atomic mass is 35.5. The second-order valence-corrected chi connectivity index (χ2v) is 6.05. The Morgan fingerprint density at radius 2 is 1.85 bits per heavy atom. The van der Waals surface area contributed by atoms with Crippen molar-refractivity contribution < 1.29 is 14.2 Å². The second-order valence-electron chi connectivity index (χ2n) is 5.61. The van der Waals surface area contributed by atoms with Crippen LogP contribution >= 0.6 is 11.6 Å². The van der Waals surface area contributed by atoms with Gasteiger partial charge in [-0.15, -0.1) is 0 Å². The molecule has 2 aromatic carbocycles. The average molecular weight is 383 g/mol. The fourth-order valence-electron chi connectivity index (χ4n) is 2.62. The minimum Gasteiger partial charge on any atom is -0.496 e. The van der Waals surface area contributed by atoms with Gasteiger partial charge >= 0.3 is 0 Å². The molecule has 136 valence electrons. The normalized spacial score (nSPS) is 11.7. The van der Waals surface area contributed by atoms with Gasteiger partial charge in [-0.2, -0.15) is 4.98 Å². The molecule has 0 radical (unpaired) electrons. The van der Waals surface area contributed by atoms with Gasteiger partial charge in [0.15, 0.2) is 11.5 Å². The third-order valence-corrected chi connectivity index (χ3v) is 4.21. The van der Waals surface area contributed by atoms with E-state index in [1.54, 1.807) is 44.7 Å². The highest BCUT2D eigenvalue weighted by molar-refractivity contribution is 6.30. The number of fused-ring (bicyclic) bond motifs is 2. The highest BCUT2D eigenvalue weighted by Crippen LogP contribution is 2.42. The summed E-state index contributed by atoms with van der Waals surface area (Å²) in [7, 11) is 3.16. The zero-order chi connectivity index (χ0) is 18.8. The number of nitrogens with zero attached hydrogens (tertiary/aromatic N) is 3. The summed E-state index contributed by atoms with van der Waals surface area (Å²) in [5.41, 5.74) is 1.98. The lowest BCUT2D eigenvalue weighted by Crippen LogP contribution is -1.98. The van der Waals surface area contributed by atoms with Crippen LogP contribution in [0.5, 0.6) is 23.1 Å². The predicted molar refractivity (Wildman–Crippen MR) is 104 cm³/mol. The monoisotopic (exact) mass is 382 g/mol. The van der Waals surface area contributed by atoms with Crippen LogP contribution in [0, 0.1) is 0 Å². The fourth-order valence-corrected chi connectivity index (χ4v) is 2.75. The van der Waals surface area contributed by atoms with Gasteiger partial charge in [0.1, 0.15) is 23.6 Å². The number of anilines is 2. The molecule has 8 heteroatoms. The van der Waals surface area contributed by atoms with Crippen LogP contribution < -0.4 is 19.5 Å². The van der Waals surface area contributed by atoms with E-state index in [4.69, 9.17) is 25.8 Å². The summed E-state index contributed by atoms with van der Waals surface area (Å²) in [6.07, 6.45) is 3.07. The number of hydrogen-bond donors (Lipinski definition) is 1. The Morgan fingerprint density at radius 1 is 1.04 bits per heavy atom. The van der Waals surface area contributed by atoms with Crippen molar-refractivity contribution in [3.63, 3.8) is 0 Å². The molecule has 1 aromatic heterocycles. The second kappa shape index (κ2) is 7.13. The third kappa shape index (κ3) is 3.37. The Bertz CT molecular complexity index is 1020. The van der Waals surface area contributed by atoms with Crippen LogP contribution in [0.15, 0.2) is 47.7 Å². The van der Waals surface area contributed by atoms with E-state index >= 15 is 0 Å². The summed E-state index contributed by atoms with van der Waals surface area (Å²) in [5, 5.41) is 3.86. The van der Waals surface area contributed by atoms with Crippen LogP contribution in [0.3, 0.4) is 0 Å². The number of benzene rings is 2. The summed E-state index contributed by atoms with van der Waals surface area (Å²) in [6.45, 7) is 0. The molecule has 1 aliphatic rings. The summed E-state index contributed by atoms with van der Waals surface area (Å²) in [4.78, 5) is 13.0. The van der Waals surface area contributed by atoms with Gasteiger partial charge < -0.3 is 19.5 Å². The number of ether oxygens (including phenoxy) is 3. The van der Waals surface area contributed by atoms with Crippen LogP contribution in [-0.4, -0.2) is 30.4 Å². The van der Waals surface area contributed by atoms with Gasteiger partial charge in [0.2, 0.25) is 0 Å². The molecule has 0 atom stereocenters. The molecule has 0 bridgehead atoms.